The van der Waals surface area contributed by atoms with Crippen molar-refractivity contribution < 1.29 is 13.6 Å². The van der Waals surface area contributed by atoms with E-state index in [2.05, 4.69) is 0 Å². The molecule has 0 saturated carbocycles. The van der Waals surface area contributed by atoms with Crippen LogP contribution >= 0.6 is 34.2 Å². The van der Waals surface area contributed by atoms with Gasteiger partial charge in [0, 0.05) is 14.7 Å². The maximum Gasteiger partial charge on any atom is 0.264 e. The molecule has 0 N–H and O–H groups in total. The van der Waals surface area contributed by atoms with Gasteiger partial charge in [-0.05, 0) is 35.6 Å². The maximum absolute atomic E-state index is 12.5. The van der Waals surface area contributed by atoms with Crippen molar-refractivity contribution in [3.8, 4) is 0 Å². The largest absolute Gasteiger partial charge is 0.294 e. The molecule has 5 heteroatoms. The van der Waals surface area contributed by atoms with E-state index >= 15 is 0 Å². The third kappa shape index (κ3) is 2.23. The number of ketones is 1. The Bertz CT molecular complexity index is 379. The molecule has 0 aromatic heterocycles. The number of rotatable bonds is 2. The predicted molar refractivity (Wildman–Crippen MR) is 59.1 cm³/mol. The van der Waals surface area contributed by atoms with Gasteiger partial charge in [-0.15, -0.1) is 0 Å². The zero-order valence-corrected chi connectivity index (χ0v) is 10.1. The number of carbonyl (C=O) groups excluding carboxylic acids is 1. The van der Waals surface area contributed by atoms with Crippen LogP contribution in [0.25, 0.3) is 0 Å². The van der Waals surface area contributed by atoms with Crippen LogP contribution in [0, 0.1) is 3.57 Å². The van der Waals surface area contributed by atoms with Crippen LogP contribution in [-0.2, 0) is 0 Å². The van der Waals surface area contributed by atoms with Crippen LogP contribution in [0.2, 0.25) is 5.02 Å². The van der Waals surface area contributed by atoms with Gasteiger partial charge < -0.3 is 0 Å². The Balaban J connectivity index is 3.45. The molecular weight excluding hydrogens is 324 g/mol. The van der Waals surface area contributed by atoms with E-state index in [9.17, 15) is 13.6 Å². The summed E-state index contributed by atoms with van der Waals surface area (Å²) >= 11 is 7.67. The Kier molecular flexibility index (Phi) is 3.83. The first-order valence-electron chi connectivity index (χ1n) is 3.72. The van der Waals surface area contributed by atoms with Crippen molar-refractivity contribution in [1.82, 2.24) is 0 Å². The molecule has 1 aromatic carbocycles. The van der Waals surface area contributed by atoms with E-state index in [-0.39, 0.29) is 16.1 Å². The second-order valence-corrected chi connectivity index (χ2v) is 4.22. The fourth-order valence-electron chi connectivity index (χ4n) is 1.11. The molecule has 0 saturated heterocycles. The Hall–Kier alpha value is -0.230. The van der Waals surface area contributed by atoms with Crippen LogP contribution in [0.4, 0.5) is 8.78 Å². The van der Waals surface area contributed by atoms with Crippen molar-refractivity contribution in [2.24, 2.45) is 0 Å². The summed E-state index contributed by atoms with van der Waals surface area (Å²) in [5.41, 5.74) is -0.378. The minimum absolute atomic E-state index is 0.0754. The van der Waals surface area contributed by atoms with Crippen molar-refractivity contribution in [3.63, 3.8) is 0 Å². The highest BCUT2D eigenvalue weighted by atomic mass is 127. The van der Waals surface area contributed by atoms with Gasteiger partial charge in [0.25, 0.3) is 6.43 Å². The summed E-state index contributed by atoms with van der Waals surface area (Å²) in [4.78, 5) is 11.1. The second-order valence-electron chi connectivity index (χ2n) is 2.68. The minimum Gasteiger partial charge on any atom is -0.294 e. The van der Waals surface area contributed by atoms with Crippen LogP contribution in [0.1, 0.15) is 29.3 Å². The number of benzene rings is 1. The normalized spacial score (nSPS) is 10.7. The van der Waals surface area contributed by atoms with Crippen molar-refractivity contribution >= 4 is 40.0 Å². The summed E-state index contributed by atoms with van der Waals surface area (Å²) in [6.45, 7) is 1.23. The van der Waals surface area contributed by atoms with Gasteiger partial charge in [0.2, 0.25) is 0 Å². The Morgan fingerprint density at radius 1 is 1.50 bits per heavy atom. The van der Waals surface area contributed by atoms with E-state index in [0.717, 1.165) is 0 Å². The van der Waals surface area contributed by atoms with Crippen molar-refractivity contribution in [2.75, 3.05) is 0 Å². The Morgan fingerprint density at radius 2 is 2.07 bits per heavy atom. The molecule has 0 fully saturated rings. The molecule has 76 valence electrons. The first-order chi connectivity index (χ1) is 6.45. The quantitative estimate of drug-likeness (QED) is 0.590. The van der Waals surface area contributed by atoms with Crippen LogP contribution in [0.5, 0.6) is 0 Å². The highest BCUT2D eigenvalue weighted by Gasteiger charge is 2.20. The molecule has 0 aliphatic rings. The zero-order chi connectivity index (χ0) is 10.9. The summed E-state index contributed by atoms with van der Waals surface area (Å²) in [5.74, 6) is -0.441. The lowest BCUT2D eigenvalue weighted by Gasteiger charge is -2.09. The highest BCUT2D eigenvalue weighted by Crippen LogP contribution is 2.31. The summed E-state index contributed by atoms with van der Waals surface area (Å²) in [6, 6.07) is 2.70. The average Bonchev–Trinajstić information content (AvgIpc) is 2.08. The van der Waals surface area contributed by atoms with Gasteiger partial charge in [-0.2, -0.15) is 0 Å². The lowest BCUT2D eigenvalue weighted by Crippen LogP contribution is -2.02. The zero-order valence-electron chi connectivity index (χ0n) is 7.15. The average molecular weight is 330 g/mol. The molecule has 1 nitrogen and oxygen atoms in total. The molecule has 1 rings (SSSR count). The van der Waals surface area contributed by atoms with Crippen LogP contribution in [0.3, 0.4) is 0 Å². The number of halogens is 4. The highest BCUT2D eigenvalue weighted by molar-refractivity contribution is 14.1. The van der Waals surface area contributed by atoms with E-state index < -0.39 is 12.2 Å². The van der Waals surface area contributed by atoms with Gasteiger partial charge in [0.15, 0.2) is 5.78 Å². The SMILES string of the molecule is CC(=O)c1c(C(F)F)ccc(I)c1Cl. The first-order valence-corrected chi connectivity index (χ1v) is 5.17. The Morgan fingerprint density at radius 3 is 2.50 bits per heavy atom. The summed E-state index contributed by atoms with van der Waals surface area (Å²) in [6.07, 6.45) is -2.68. The second kappa shape index (κ2) is 4.53. The molecule has 14 heavy (non-hydrogen) atoms. The van der Waals surface area contributed by atoms with Gasteiger partial charge in [0.1, 0.15) is 0 Å². The van der Waals surface area contributed by atoms with E-state index in [1.54, 1.807) is 0 Å². The monoisotopic (exact) mass is 330 g/mol. The fraction of sp³-hybridized carbons (Fsp3) is 0.222. The van der Waals surface area contributed by atoms with Gasteiger partial charge in [-0.3, -0.25) is 4.79 Å². The third-order valence-electron chi connectivity index (χ3n) is 1.71. The molecule has 0 aliphatic heterocycles. The van der Waals surface area contributed by atoms with E-state index in [1.165, 1.54) is 19.1 Å². The number of alkyl halides is 2. The topological polar surface area (TPSA) is 17.1 Å². The number of hydrogen-bond acceptors (Lipinski definition) is 1. The summed E-state index contributed by atoms with van der Waals surface area (Å²) < 4.78 is 25.6. The number of hydrogen-bond donors (Lipinski definition) is 0. The first kappa shape index (κ1) is 11.8. The lowest BCUT2D eigenvalue weighted by atomic mass is 10.0. The van der Waals surface area contributed by atoms with Gasteiger partial charge >= 0.3 is 0 Å². The van der Waals surface area contributed by atoms with Crippen LogP contribution in [-0.4, -0.2) is 5.78 Å². The van der Waals surface area contributed by atoms with Crippen molar-refractivity contribution in [3.05, 3.63) is 31.9 Å². The summed E-state index contributed by atoms with van der Waals surface area (Å²) in [7, 11) is 0. The molecule has 0 amide bonds. The fourth-order valence-corrected chi connectivity index (χ4v) is 1.86. The van der Waals surface area contributed by atoms with Crippen molar-refractivity contribution in [1.29, 1.82) is 0 Å². The van der Waals surface area contributed by atoms with Crippen LogP contribution < -0.4 is 0 Å². The summed E-state index contributed by atoms with van der Waals surface area (Å²) in [5, 5.41) is 0.107. The molecule has 1 aromatic rings. The van der Waals surface area contributed by atoms with E-state index in [1.807, 2.05) is 22.6 Å². The number of Topliss-reactive ketones (excluding diaryl/α,β-unsaturated/α-hetero) is 1. The van der Waals surface area contributed by atoms with Crippen molar-refractivity contribution in [2.45, 2.75) is 13.3 Å². The van der Waals surface area contributed by atoms with Gasteiger partial charge in [-0.25, -0.2) is 8.78 Å². The van der Waals surface area contributed by atoms with Gasteiger partial charge in [0.05, 0.1) is 5.02 Å². The molecule has 0 atom stereocenters. The maximum atomic E-state index is 12.5. The van der Waals surface area contributed by atoms with E-state index in [0.29, 0.717) is 3.57 Å². The number of carbonyl (C=O) groups is 1. The Labute approximate surface area is 98.6 Å². The van der Waals surface area contributed by atoms with Gasteiger partial charge in [-0.1, -0.05) is 17.7 Å². The minimum atomic E-state index is -2.68. The lowest BCUT2D eigenvalue weighted by molar-refractivity contribution is 0.0999. The molecule has 0 aliphatic carbocycles. The molecule has 0 unspecified atom stereocenters. The molecule has 0 heterocycles. The predicted octanol–water partition coefficient (Wildman–Crippen LogP) is 4.08. The molecule has 0 bridgehead atoms. The molecular formula is C9H6ClF2IO. The van der Waals surface area contributed by atoms with E-state index in [4.69, 9.17) is 11.6 Å². The smallest absolute Gasteiger partial charge is 0.264 e. The van der Waals surface area contributed by atoms with Crippen LogP contribution in [0.15, 0.2) is 12.1 Å². The molecule has 0 radical (unpaired) electrons. The molecule has 0 spiro atoms. The third-order valence-corrected chi connectivity index (χ3v) is 3.32. The standard InChI is InChI=1S/C9H6ClF2IO/c1-4(14)7-5(9(11)12)2-3-6(13)8(7)10/h2-3,9H,1H3.